The molecule has 0 bridgehead atoms. The standard InChI is InChI=1S/C11H15NO5S2/c1-7-10(6-9(18-7)11(14)15)19(16,17)12(4-5-13)8-2-3-8/h6,8,13H,2-5H2,1H3,(H,14,15). The van der Waals surface area contributed by atoms with E-state index in [0.717, 1.165) is 24.2 Å². The SMILES string of the molecule is Cc1sc(C(=O)O)cc1S(=O)(=O)N(CCO)C1CC1. The topological polar surface area (TPSA) is 94.9 Å². The summed E-state index contributed by atoms with van der Waals surface area (Å²) in [7, 11) is -3.72. The van der Waals surface area contributed by atoms with Gasteiger partial charge >= 0.3 is 5.97 Å². The molecule has 0 saturated heterocycles. The summed E-state index contributed by atoms with van der Waals surface area (Å²) >= 11 is 0.949. The number of aliphatic hydroxyl groups excluding tert-OH is 1. The van der Waals surface area contributed by atoms with Crippen LogP contribution < -0.4 is 0 Å². The van der Waals surface area contributed by atoms with Crippen molar-refractivity contribution in [3.8, 4) is 0 Å². The molecule has 1 aliphatic carbocycles. The van der Waals surface area contributed by atoms with Crippen molar-refractivity contribution in [3.63, 3.8) is 0 Å². The maximum atomic E-state index is 12.5. The highest BCUT2D eigenvalue weighted by Crippen LogP contribution is 2.35. The minimum Gasteiger partial charge on any atom is -0.477 e. The smallest absolute Gasteiger partial charge is 0.345 e. The van der Waals surface area contributed by atoms with Gasteiger partial charge in [0.2, 0.25) is 10.0 Å². The van der Waals surface area contributed by atoms with Crippen LogP contribution in [-0.4, -0.2) is 48.1 Å². The normalized spacial score (nSPS) is 15.9. The molecule has 0 aliphatic heterocycles. The predicted octanol–water partition coefficient (Wildman–Crippen LogP) is 0.900. The van der Waals surface area contributed by atoms with Gasteiger partial charge < -0.3 is 10.2 Å². The molecule has 1 heterocycles. The first-order chi connectivity index (χ1) is 8.87. The minimum absolute atomic E-state index is 0.0100. The monoisotopic (exact) mass is 305 g/mol. The van der Waals surface area contributed by atoms with Crippen molar-refractivity contribution >= 4 is 27.3 Å². The molecule has 1 saturated carbocycles. The number of carboxylic acid groups (broad SMARTS) is 1. The number of hydrogen-bond donors (Lipinski definition) is 2. The molecule has 106 valence electrons. The summed E-state index contributed by atoms with van der Waals surface area (Å²) in [5.74, 6) is -1.13. The van der Waals surface area contributed by atoms with E-state index in [-0.39, 0.29) is 29.0 Å². The summed E-state index contributed by atoms with van der Waals surface area (Å²) in [6.07, 6.45) is 1.57. The van der Waals surface area contributed by atoms with Gasteiger partial charge in [-0.25, -0.2) is 13.2 Å². The average Bonchev–Trinajstić information content (AvgIpc) is 3.07. The van der Waals surface area contributed by atoms with Crippen LogP contribution in [0.4, 0.5) is 0 Å². The van der Waals surface area contributed by atoms with E-state index in [0.29, 0.717) is 4.88 Å². The van der Waals surface area contributed by atoms with Crippen LogP contribution in [0.2, 0.25) is 0 Å². The molecule has 2 rings (SSSR count). The van der Waals surface area contributed by atoms with E-state index in [9.17, 15) is 13.2 Å². The lowest BCUT2D eigenvalue weighted by atomic mass is 10.4. The minimum atomic E-state index is -3.72. The van der Waals surface area contributed by atoms with E-state index in [1.165, 1.54) is 10.4 Å². The van der Waals surface area contributed by atoms with Crippen molar-refractivity contribution in [3.05, 3.63) is 15.8 Å². The van der Waals surface area contributed by atoms with Gasteiger partial charge in [-0.2, -0.15) is 4.31 Å². The maximum absolute atomic E-state index is 12.5. The summed E-state index contributed by atoms with van der Waals surface area (Å²) in [5, 5.41) is 17.9. The first kappa shape index (κ1) is 14.4. The third-order valence-electron chi connectivity index (χ3n) is 2.94. The molecule has 0 radical (unpaired) electrons. The Hall–Kier alpha value is -0.960. The van der Waals surface area contributed by atoms with Crippen LogP contribution >= 0.6 is 11.3 Å². The second-order valence-electron chi connectivity index (χ2n) is 4.41. The molecule has 0 aromatic carbocycles. The lowest BCUT2D eigenvalue weighted by Crippen LogP contribution is -2.35. The molecule has 0 spiro atoms. The van der Waals surface area contributed by atoms with Crippen LogP contribution in [0.1, 0.15) is 27.4 Å². The van der Waals surface area contributed by atoms with Gasteiger partial charge in [-0.1, -0.05) is 0 Å². The third kappa shape index (κ3) is 2.81. The van der Waals surface area contributed by atoms with Gasteiger partial charge in [0.05, 0.1) is 11.5 Å². The van der Waals surface area contributed by atoms with Gasteiger partial charge in [-0.05, 0) is 25.8 Å². The van der Waals surface area contributed by atoms with Gasteiger partial charge in [-0.3, -0.25) is 0 Å². The van der Waals surface area contributed by atoms with E-state index in [1.54, 1.807) is 6.92 Å². The van der Waals surface area contributed by atoms with E-state index < -0.39 is 16.0 Å². The molecule has 6 nitrogen and oxygen atoms in total. The number of sulfonamides is 1. The highest BCUT2D eigenvalue weighted by Gasteiger charge is 2.39. The summed E-state index contributed by atoms with van der Waals surface area (Å²) in [6.45, 7) is 1.39. The number of carbonyl (C=O) groups is 1. The van der Waals surface area contributed by atoms with Gasteiger partial charge in [0.25, 0.3) is 0 Å². The van der Waals surface area contributed by atoms with Crippen molar-refractivity contribution in [1.29, 1.82) is 0 Å². The highest BCUT2D eigenvalue weighted by atomic mass is 32.2. The number of aryl methyl sites for hydroxylation is 1. The zero-order valence-electron chi connectivity index (χ0n) is 10.4. The number of aliphatic hydroxyl groups is 1. The van der Waals surface area contributed by atoms with Gasteiger partial charge in [0, 0.05) is 17.5 Å². The van der Waals surface area contributed by atoms with Crippen LogP contribution in [0.3, 0.4) is 0 Å². The molecule has 19 heavy (non-hydrogen) atoms. The Morgan fingerprint density at radius 3 is 2.58 bits per heavy atom. The Labute approximate surface area is 115 Å². The fourth-order valence-electron chi connectivity index (χ4n) is 1.91. The first-order valence-electron chi connectivity index (χ1n) is 5.84. The molecule has 0 atom stereocenters. The van der Waals surface area contributed by atoms with E-state index >= 15 is 0 Å². The number of nitrogens with zero attached hydrogens (tertiary/aromatic N) is 1. The van der Waals surface area contributed by atoms with Crippen molar-refractivity contribution in [2.24, 2.45) is 0 Å². The summed E-state index contributed by atoms with van der Waals surface area (Å²) in [4.78, 5) is 11.4. The number of rotatable bonds is 6. The fraction of sp³-hybridized carbons (Fsp3) is 0.545. The summed E-state index contributed by atoms with van der Waals surface area (Å²) < 4.78 is 26.2. The quantitative estimate of drug-likeness (QED) is 0.814. The second-order valence-corrected chi connectivity index (χ2v) is 7.52. The molecule has 1 aromatic heterocycles. The Morgan fingerprint density at radius 2 is 2.16 bits per heavy atom. The lowest BCUT2D eigenvalue weighted by molar-refractivity contribution is 0.0702. The van der Waals surface area contributed by atoms with E-state index in [2.05, 4.69) is 0 Å². The molecule has 1 aromatic rings. The van der Waals surface area contributed by atoms with Crippen LogP contribution in [0.25, 0.3) is 0 Å². The highest BCUT2D eigenvalue weighted by molar-refractivity contribution is 7.89. The fourth-order valence-corrected chi connectivity index (χ4v) is 4.99. The van der Waals surface area contributed by atoms with Crippen molar-refractivity contribution in [1.82, 2.24) is 4.31 Å². The summed E-state index contributed by atoms with van der Waals surface area (Å²) in [5.41, 5.74) is 0. The largest absolute Gasteiger partial charge is 0.477 e. The molecule has 1 fully saturated rings. The first-order valence-corrected chi connectivity index (χ1v) is 8.10. The molecular formula is C11H15NO5S2. The number of aromatic carboxylic acids is 1. The Balaban J connectivity index is 2.40. The number of thiophene rings is 1. The second kappa shape index (κ2) is 5.20. The molecule has 2 N–H and O–H groups in total. The molecule has 0 unspecified atom stereocenters. The molecule has 0 amide bonds. The van der Waals surface area contributed by atoms with Crippen LogP contribution in [0.5, 0.6) is 0 Å². The number of carboxylic acids is 1. The third-order valence-corrected chi connectivity index (χ3v) is 6.19. The van der Waals surface area contributed by atoms with Gasteiger partial charge in [0.15, 0.2) is 0 Å². The van der Waals surface area contributed by atoms with Crippen molar-refractivity contribution < 1.29 is 23.4 Å². The Morgan fingerprint density at radius 1 is 1.53 bits per heavy atom. The van der Waals surface area contributed by atoms with Crippen molar-refractivity contribution in [2.45, 2.75) is 30.7 Å². The Bertz CT molecular complexity index is 588. The molecule has 8 heteroatoms. The van der Waals surface area contributed by atoms with Crippen LogP contribution in [0.15, 0.2) is 11.0 Å². The lowest BCUT2D eigenvalue weighted by Gasteiger charge is -2.20. The molecular weight excluding hydrogens is 290 g/mol. The van der Waals surface area contributed by atoms with Gasteiger partial charge in [-0.15, -0.1) is 11.3 Å². The van der Waals surface area contributed by atoms with Gasteiger partial charge in [0.1, 0.15) is 4.88 Å². The summed E-state index contributed by atoms with van der Waals surface area (Å²) in [6, 6.07) is 1.13. The van der Waals surface area contributed by atoms with Crippen LogP contribution in [-0.2, 0) is 10.0 Å². The Kier molecular flexibility index (Phi) is 3.95. The van der Waals surface area contributed by atoms with Crippen LogP contribution in [0, 0.1) is 6.92 Å². The number of hydrogen-bond acceptors (Lipinski definition) is 5. The predicted molar refractivity (Wildman–Crippen MR) is 70.0 cm³/mol. The molecule has 1 aliphatic rings. The van der Waals surface area contributed by atoms with Crippen molar-refractivity contribution in [2.75, 3.05) is 13.2 Å². The zero-order chi connectivity index (χ0) is 14.2. The maximum Gasteiger partial charge on any atom is 0.345 e. The van der Waals surface area contributed by atoms with E-state index in [4.69, 9.17) is 10.2 Å². The zero-order valence-corrected chi connectivity index (χ0v) is 12.0. The van der Waals surface area contributed by atoms with E-state index in [1.807, 2.05) is 0 Å². The average molecular weight is 305 g/mol.